The van der Waals surface area contributed by atoms with Crippen molar-refractivity contribution in [2.24, 2.45) is 5.73 Å². The van der Waals surface area contributed by atoms with Crippen molar-refractivity contribution in [3.05, 3.63) is 95.9 Å². The molecular weight excluding hydrogens is 512 g/mol. The molecular formula is C29H26N6O5. The minimum atomic E-state index is -0.614. The van der Waals surface area contributed by atoms with E-state index in [0.717, 1.165) is 21.7 Å². The SMILES string of the molecule is COC(=O)NCCOC(=O)c1cc2ccc(C(=N)N)cc2n1Cc1cc(Oc2ncccn2)cc2ccccc12. The molecule has 0 fully saturated rings. The highest BCUT2D eigenvalue weighted by Gasteiger charge is 2.19. The van der Waals surface area contributed by atoms with Crippen molar-refractivity contribution in [1.82, 2.24) is 19.9 Å². The first-order chi connectivity index (χ1) is 19.4. The van der Waals surface area contributed by atoms with Crippen LogP contribution < -0.4 is 15.8 Å². The maximum absolute atomic E-state index is 13.2. The lowest BCUT2D eigenvalue weighted by Crippen LogP contribution is -2.28. The second-order valence-electron chi connectivity index (χ2n) is 8.79. The van der Waals surface area contributed by atoms with E-state index < -0.39 is 12.1 Å². The summed E-state index contributed by atoms with van der Waals surface area (Å²) in [7, 11) is 1.26. The Morgan fingerprint density at radius 1 is 1.00 bits per heavy atom. The van der Waals surface area contributed by atoms with Gasteiger partial charge < -0.3 is 29.8 Å². The molecule has 0 unspecified atom stereocenters. The van der Waals surface area contributed by atoms with E-state index >= 15 is 0 Å². The van der Waals surface area contributed by atoms with Crippen molar-refractivity contribution in [3.63, 3.8) is 0 Å². The minimum Gasteiger partial charge on any atom is -0.459 e. The number of hydrogen-bond acceptors (Lipinski definition) is 8. The summed E-state index contributed by atoms with van der Waals surface area (Å²) in [4.78, 5) is 32.8. The number of nitrogens with zero attached hydrogens (tertiary/aromatic N) is 3. The van der Waals surface area contributed by atoms with Gasteiger partial charge in [-0.05, 0) is 46.7 Å². The zero-order chi connectivity index (χ0) is 28.1. The van der Waals surface area contributed by atoms with Crippen LogP contribution in [0.1, 0.15) is 21.6 Å². The zero-order valence-corrected chi connectivity index (χ0v) is 21.6. The number of carbonyl (C=O) groups is 2. The molecule has 0 saturated heterocycles. The Balaban J connectivity index is 1.55. The lowest BCUT2D eigenvalue weighted by molar-refractivity contribution is 0.0495. The molecule has 11 nitrogen and oxygen atoms in total. The van der Waals surface area contributed by atoms with Crippen molar-refractivity contribution in [1.29, 1.82) is 5.41 Å². The second kappa shape index (κ2) is 11.5. The fraction of sp³-hybridized carbons (Fsp3) is 0.138. The van der Waals surface area contributed by atoms with Gasteiger partial charge in [-0.15, -0.1) is 0 Å². The number of fused-ring (bicyclic) bond motifs is 2. The van der Waals surface area contributed by atoms with E-state index in [-0.39, 0.29) is 31.5 Å². The van der Waals surface area contributed by atoms with Gasteiger partial charge in [0.2, 0.25) is 0 Å². The van der Waals surface area contributed by atoms with Crippen molar-refractivity contribution in [2.75, 3.05) is 20.3 Å². The van der Waals surface area contributed by atoms with Crippen LogP contribution in [0, 0.1) is 5.41 Å². The first-order valence-electron chi connectivity index (χ1n) is 12.4. The van der Waals surface area contributed by atoms with Gasteiger partial charge in [-0.1, -0.05) is 36.4 Å². The predicted molar refractivity (Wildman–Crippen MR) is 149 cm³/mol. The molecule has 202 valence electrons. The Labute approximate surface area is 229 Å². The van der Waals surface area contributed by atoms with Crippen LogP contribution in [0.25, 0.3) is 21.7 Å². The van der Waals surface area contributed by atoms with Gasteiger partial charge in [0.1, 0.15) is 23.9 Å². The molecule has 5 aromatic rings. The molecule has 0 aliphatic rings. The number of alkyl carbamates (subject to hydrolysis) is 1. The third-order valence-corrected chi connectivity index (χ3v) is 6.22. The fourth-order valence-electron chi connectivity index (χ4n) is 4.37. The molecule has 2 aromatic heterocycles. The fourth-order valence-corrected chi connectivity index (χ4v) is 4.37. The molecule has 3 aromatic carbocycles. The summed E-state index contributed by atoms with van der Waals surface area (Å²) in [5.74, 6) is -0.114. The van der Waals surface area contributed by atoms with Gasteiger partial charge in [-0.25, -0.2) is 19.6 Å². The largest absolute Gasteiger partial charge is 0.459 e. The molecule has 0 bridgehead atoms. The van der Waals surface area contributed by atoms with Crippen LogP contribution in [0.5, 0.6) is 11.8 Å². The monoisotopic (exact) mass is 538 g/mol. The number of benzene rings is 3. The van der Waals surface area contributed by atoms with Crippen LogP contribution in [-0.4, -0.2) is 52.7 Å². The van der Waals surface area contributed by atoms with E-state index in [4.69, 9.17) is 20.6 Å². The van der Waals surface area contributed by atoms with Gasteiger partial charge in [0, 0.05) is 35.4 Å². The van der Waals surface area contributed by atoms with Gasteiger partial charge in [0.15, 0.2) is 0 Å². The molecule has 0 aliphatic carbocycles. The van der Waals surface area contributed by atoms with Crippen LogP contribution in [0.3, 0.4) is 0 Å². The molecule has 5 rings (SSSR count). The summed E-state index contributed by atoms with van der Waals surface area (Å²) in [6, 6.07) is 20.6. The normalized spacial score (nSPS) is 10.8. The maximum atomic E-state index is 13.2. The van der Waals surface area contributed by atoms with Crippen LogP contribution in [0.2, 0.25) is 0 Å². The standard InChI is InChI=1S/C29H26N6O5/c1-38-29(37)34-11-12-39-27(36)25-15-19-7-8-20(26(30)31)16-24(19)35(25)17-21-14-22(40-28-32-9-4-10-33-28)13-18-5-2-3-6-23(18)21/h2-10,13-16H,11-12,17H2,1H3,(H3,30,31)(H,34,37). The Kier molecular flexibility index (Phi) is 7.54. The Hall–Kier alpha value is -5.45. The van der Waals surface area contributed by atoms with Crippen LogP contribution in [0.4, 0.5) is 4.79 Å². The Bertz CT molecular complexity index is 1720. The smallest absolute Gasteiger partial charge is 0.406 e. The summed E-state index contributed by atoms with van der Waals surface area (Å²) in [6.45, 7) is 0.333. The number of hydrogen-bond donors (Lipinski definition) is 3. The second-order valence-corrected chi connectivity index (χ2v) is 8.79. The van der Waals surface area contributed by atoms with Crippen LogP contribution >= 0.6 is 0 Å². The molecule has 4 N–H and O–H groups in total. The molecule has 40 heavy (non-hydrogen) atoms. The molecule has 2 heterocycles. The first kappa shape index (κ1) is 26.2. The van der Waals surface area contributed by atoms with Gasteiger partial charge in [0.25, 0.3) is 0 Å². The number of esters is 1. The summed E-state index contributed by atoms with van der Waals surface area (Å²) in [6.07, 6.45) is 2.58. The average Bonchev–Trinajstić information content (AvgIpc) is 3.33. The highest BCUT2D eigenvalue weighted by Crippen LogP contribution is 2.31. The summed E-state index contributed by atoms with van der Waals surface area (Å²) >= 11 is 0. The molecule has 0 aliphatic heterocycles. The zero-order valence-electron chi connectivity index (χ0n) is 21.6. The van der Waals surface area contributed by atoms with E-state index in [0.29, 0.717) is 22.5 Å². The molecule has 0 saturated carbocycles. The lowest BCUT2D eigenvalue weighted by Gasteiger charge is -2.15. The lowest BCUT2D eigenvalue weighted by atomic mass is 10.0. The Morgan fingerprint density at radius 3 is 2.58 bits per heavy atom. The van der Waals surface area contributed by atoms with E-state index in [1.54, 1.807) is 36.7 Å². The topological polar surface area (TPSA) is 154 Å². The van der Waals surface area contributed by atoms with Gasteiger partial charge in [-0.2, -0.15) is 0 Å². The van der Waals surface area contributed by atoms with E-state index in [1.807, 2.05) is 47.0 Å². The molecule has 11 heteroatoms. The molecule has 1 amide bonds. The molecule has 0 radical (unpaired) electrons. The average molecular weight is 539 g/mol. The number of amidine groups is 1. The number of amides is 1. The predicted octanol–water partition coefficient (Wildman–Crippen LogP) is 4.22. The third kappa shape index (κ3) is 5.68. The van der Waals surface area contributed by atoms with Gasteiger partial charge in [0.05, 0.1) is 13.7 Å². The Morgan fingerprint density at radius 2 is 1.80 bits per heavy atom. The number of rotatable bonds is 9. The van der Waals surface area contributed by atoms with E-state index in [1.165, 1.54) is 7.11 Å². The van der Waals surface area contributed by atoms with E-state index in [9.17, 15) is 9.59 Å². The number of carbonyl (C=O) groups excluding carboxylic acids is 2. The highest BCUT2D eigenvalue weighted by atomic mass is 16.5. The van der Waals surface area contributed by atoms with Gasteiger partial charge in [-0.3, -0.25) is 5.41 Å². The van der Waals surface area contributed by atoms with Crippen molar-refractivity contribution in [2.45, 2.75) is 6.54 Å². The van der Waals surface area contributed by atoms with Crippen molar-refractivity contribution < 1.29 is 23.8 Å². The summed E-state index contributed by atoms with van der Waals surface area (Å²) in [5, 5.41) is 13.1. The summed E-state index contributed by atoms with van der Waals surface area (Å²) in [5.41, 5.74) is 8.17. The number of aromatic nitrogens is 3. The third-order valence-electron chi connectivity index (χ3n) is 6.22. The van der Waals surface area contributed by atoms with Crippen LogP contribution in [-0.2, 0) is 16.0 Å². The van der Waals surface area contributed by atoms with E-state index in [2.05, 4.69) is 20.0 Å². The maximum Gasteiger partial charge on any atom is 0.406 e. The minimum absolute atomic E-state index is 0.0442. The number of nitrogen functional groups attached to an aromatic ring is 1. The van der Waals surface area contributed by atoms with Crippen molar-refractivity contribution >= 4 is 39.6 Å². The van der Waals surface area contributed by atoms with Crippen molar-refractivity contribution in [3.8, 4) is 11.8 Å². The quantitative estimate of drug-likeness (QED) is 0.109. The summed E-state index contributed by atoms with van der Waals surface area (Å²) < 4.78 is 17.8. The number of ether oxygens (including phenoxy) is 3. The van der Waals surface area contributed by atoms with Gasteiger partial charge >= 0.3 is 18.1 Å². The molecule has 0 atom stereocenters. The number of nitrogens with two attached hydrogens (primary N) is 1. The first-order valence-corrected chi connectivity index (χ1v) is 12.4. The van der Waals surface area contributed by atoms with Crippen LogP contribution in [0.15, 0.2) is 79.1 Å². The number of nitrogens with one attached hydrogen (secondary N) is 2. The highest BCUT2D eigenvalue weighted by molar-refractivity contribution is 6.01. The molecule has 0 spiro atoms. The number of methoxy groups -OCH3 is 1.